The molecule has 2 heterocycles. The van der Waals surface area contributed by atoms with Gasteiger partial charge in [0.15, 0.2) is 0 Å². The van der Waals surface area contributed by atoms with E-state index in [0.717, 1.165) is 31.9 Å². The maximum atomic E-state index is 4.27. The fourth-order valence-electron chi connectivity index (χ4n) is 1.70. The Morgan fingerprint density at radius 1 is 1.35 bits per heavy atom. The summed E-state index contributed by atoms with van der Waals surface area (Å²) in [6.45, 7) is 6.90. The molecule has 2 aromatic rings. The van der Waals surface area contributed by atoms with E-state index >= 15 is 0 Å². The lowest BCUT2D eigenvalue weighted by molar-refractivity contribution is 0.542. The molecular weight excluding hydrogens is 232 g/mol. The molecule has 17 heavy (non-hydrogen) atoms. The quantitative estimate of drug-likeness (QED) is 0.855. The summed E-state index contributed by atoms with van der Waals surface area (Å²) in [5.41, 5.74) is 2.73. The van der Waals surface area contributed by atoms with E-state index in [0.29, 0.717) is 0 Å². The SMILES string of the molecule is CCCn1ncnc1CNCc1cscc1C. The number of nitrogens with one attached hydrogen (secondary N) is 1. The summed E-state index contributed by atoms with van der Waals surface area (Å²) in [7, 11) is 0. The molecule has 0 unspecified atom stereocenters. The molecule has 0 aromatic carbocycles. The predicted octanol–water partition coefficient (Wildman–Crippen LogP) is 2.35. The molecule has 1 N–H and O–H groups in total. The zero-order valence-electron chi connectivity index (χ0n) is 10.3. The van der Waals surface area contributed by atoms with Crippen LogP contribution in [0.15, 0.2) is 17.1 Å². The second-order valence-electron chi connectivity index (χ2n) is 4.08. The Morgan fingerprint density at radius 3 is 2.94 bits per heavy atom. The lowest BCUT2D eigenvalue weighted by Crippen LogP contribution is -2.17. The molecule has 0 spiro atoms. The second kappa shape index (κ2) is 5.93. The summed E-state index contributed by atoms with van der Waals surface area (Å²) in [6, 6.07) is 0. The van der Waals surface area contributed by atoms with Crippen molar-refractivity contribution >= 4 is 11.3 Å². The standard InChI is InChI=1S/C12H18N4S/c1-3-4-16-12(14-9-15-16)6-13-5-11-8-17-7-10(11)2/h7-9,13H,3-6H2,1-2H3. The van der Waals surface area contributed by atoms with E-state index in [1.807, 2.05) is 4.68 Å². The van der Waals surface area contributed by atoms with E-state index in [2.05, 4.69) is 40.0 Å². The highest BCUT2D eigenvalue weighted by atomic mass is 32.1. The number of rotatable bonds is 6. The summed E-state index contributed by atoms with van der Waals surface area (Å²) in [6.07, 6.45) is 2.71. The Kier molecular flexibility index (Phi) is 4.28. The molecule has 0 atom stereocenters. The molecule has 0 bridgehead atoms. The first-order chi connectivity index (χ1) is 8.31. The minimum absolute atomic E-state index is 0.773. The van der Waals surface area contributed by atoms with Crippen LogP contribution < -0.4 is 5.32 Å². The molecule has 5 heteroatoms. The molecule has 0 aliphatic heterocycles. The summed E-state index contributed by atoms with van der Waals surface area (Å²) < 4.78 is 1.97. The van der Waals surface area contributed by atoms with Crippen LogP contribution in [0.4, 0.5) is 0 Å². The fraction of sp³-hybridized carbons (Fsp3) is 0.500. The van der Waals surface area contributed by atoms with Gasteiger partial charge in [-0.25, -0.2) is 9.67 Å². The average molecular weight is 250 g/mol. The minimum Gasteiger partial charge on any atom is -0.306 e. The van der Waals surface area contributed by atoms with Gasteiger partial charge in [0.1, 0.15) is 12.2 Å². The van der Waals surface area contributed by atoms with Crippen molar-refractivity contribution in [3.05, 3.63) is 34.0 Å². The van der Waals surface area contributed by atoms with Crippen LogP contribution in [0.3, 0.4) is 0 Å². The van der Waals surface area contributed by atoms with Crippen molar-refractivity contribution < 1.29 is 0 Å². The molecule has 0 aliphatic rings. The highest BCUT2D eigenvalue weighted by Crippen LogP contribution is 2.13. The van der Waals surface area contributed by atoms with Gasteiger partial charge in [0.2, 0.25) is 0 Å². The normalized spacial score (nSPS) is 10.9. The van der Waals surface area contributed by atoms with Crippen molar-refractivity contribution in [2.75, 3.05) is 0 Å². The average Bonchev–Trinajstić information content (AvgIpc) is 2.90. The van der Waals surface area contributed by atoms with Crippen molar-refractivity contribution in [3.8, 4) is 0 Å². The summed E-state index contributed by atoms with van der Waals surface area (Å²) >= 11 is 1.75. The van der Waals surface area contributed by atoms with E-state index in [4.69, 9.17) is 0 Å². The van der Waals surface area contributed by atoms with Crippen LogP contribution in [-0.2, 0) is 19.6 Å². The summed E-state index contributed by atoms with van der Waals surface area (Å²) in [5, 5.41) is 12.0. The van der Waals surface area contributed by atoms with Gasteiger partial charge < -0.3 is 5.32 Å². The molecule has 2 rings (SSSR count). The first-order valence-corrected chi connectivity index (χ1v) is 6.84. The van der Waals surface area contributed by atoms with Crippen LogP contribution in [-0.4, -0.2) is 14.8 Å². The molecule has 92 valence electrons. The van der Waals surface area contributed by atoms with Crippen LogP contribution in [0.1, 0.15) is 30.3 Å². The lowest BCUT2D eigenvalue weighted by Gasteiger charge is -2.06. The summed E-state index contributed by atoms with van der Waals surface area (Å²) in [5.74, 6) is 1.01. The number of aromatic nitrogens is 3. The van der Waals surface area contributed by atoms with Crippen LogP contribution in [0, 0.1) is 6.92 Å². The number of hydrogen-bond donors (Lipinski definition) is 1. The molecular formula is C12H18N4S. The monoisotopic (exact) mass is 250 g/mol. The number of hydrogen-bond acceptors (Lipinski definition) is 4. The largest absolute Gasteiger partial charge is 0.306 e. The summed E-state index contributed by atoms with van der Waals surface area (Å²) in [4.78, 5) is 4.27. The number of aryl methyl sites for hydroxylation is 2. The topological polar surface area (TPSA) is 42.7 Å². The highest BCUT2D eigenvalue weighted by Gasteiger charge is 2.03. The zero-order chi connectivity index (χ0) is 12.1. The van der Waals surface area contributed by atoms with Crippen molar-refractivity contribution in [2.45, 2.75) is 39.9 Å². The molecule has 0 saturated carbocycles. The Hall–Kier alpha value is -1.20. The highest BCUT2D eigenvalue weighted by molar-refractivity contribution is 7.08. The minimum atomic E-state index is 0.773. The van der Waals surface area contributed by atoms with Gasteiger partial charge in [-0.1, -0.05) is 6.92 Å². The zero-order valence-corrected chi connectivity index (χ0v) is 11.1. The van der Waals surface area contributed by atoms with Crippen molar-refractivity contribution in [1.82, 2.24) is 20.1 Å². The smallest absolute Gasteiger partial charge is 0.140 e. The Morgan fingerprint density at radius 2 is 2.24 bits per heavy atom. The number of thiophene rings is 1. The predicted molar refractivity (Wildman–Crippen MR) is 69.9 cm³/mol. The Bertz CT molecular complexity index is 461. The van der Waals surface area contributed by atoms with Crippen molar-refractivity contribution in [2.24, 2.45) is 0 Å². The third-order valence-corrected chi connectivity index (χ3v) is 3.60. The van der Waals surface area contributed by atoms with Gasteiger partial charge in [-0.2, -0.15) is 16.4 Å². The Labute approximate surface area is 106 Å². The number of nitrogens with zero attached hydrogens (tertiary/aromatic N) is 3. The van der Waals surface area contributed by atoms with Gasteiger partial charge in [-0.05, 0) is 35.2 Å². The van der Waals surface area contributed by atoms with E-state index in [-0.39, 0.29) is 0 Å². The van der Waals surface area contributed by atoms with Gasteiger partial charge in [0.05, 0.1) is 6.54 Å². The Balaban J connectivity index is 1.86. The van der Waals surface area contributed by atoms with Gasteiger partial charge in [0.25, 0.3) is 0 Å². The van der Waals surface area contributed by atoms with E-state index < -0.39 is 0 Å². The van der Waals surface area contributed by atoms with Crippen molar-refractivity contribution in [3.63, 3.8) is 0 Å². The first kappa shape index (κ1) is 12.3. The maximum absolute atomic E-state index is 4.27. The third kappa shape index (κ3) is 3.14. The van der Waals surface area contributed by atoms with Gasteiger partial charge in [-0.15, -0.1) is 0 Å². The third-order valence-electron chi connectivity index (χ3n) is 2.69. The molecule has 0 radical (unpaired) electrons. The lowest BCUT2D eigenvalue weighted by atomic mass is 10.2. The van der Waals surface area contributed by atoms with Crippen molar-refractivity contribution in [1.29, 1.82) is 0 Å². The molecule has 0 fully saturated rings. The molecule has 4 nitrogen and oxygen atoms in total. The van der Waals surface area contributed by atoms with Gasteiger partial charge in [0, 0.05) is 13.1 Å². The molecule has 0 aliphatic carbocycles. The second-order valence-corrected chi connectivity index (χ2v) is 4.83. The van der Waals surface area contributed by atoms with E-state index in [1.54, 1.807) is 17.7 Å². The van der Waals surface area contributed by atoms with Crippen LogP contribution >= 0.6 is 11.3 Å². The molecule has 0 saturated heterocycles. The van der Waals surface area contributed by atoms with Gasteiger partial charge >= 0.3 is 0 Å². The fourth-order valence-corrected chi connectivity index (χ4v) is 2.56. The first-order valence-electron chi connectivity index (χ1n) is 5.90. The van der Waals surface area contributed by atoms with E-state index in [9.17, 15) is 0 Å². The van der Waals surface area contributed by atoms with Crippen LogP contribution in [0.25, 0.3) is 0 Å². The maximum Gasteiger partial charge on any atom is 0.140 e. The van der Waals surface area contributed by atoms with Gasteiger partial charge in [-0.3, -0.25) is 0 Å². The van der Waals surface area contributed by atoms with Crippen LogP contribution in [0.5, 0.6) is 0 Å². The van der Waals surface area contributed by atoms with E-state index in [1.165, 1.54) is 11.1 Å². The molecule has 0 amide bonds. The molecule has 2 aromatic heterocycles. The van der Waals surface area contributed by atoms with Crippen LogP contribution in [0.2, 0.25) is 0 Å².